The molecule has 1 fully saturated rings. The highest BCUT2D eigenvalue weighted by atomic mass is 14.3. The lowest BCUT2D eigenvalue weighted by Crippen LogP contribution is -2.17. The first-order valence-electron chi connectivity index (χ1n) is 7.81. The van der Waals surface area contributed by atoms with Crippen molar-refractivity contribution in [3.8, 4) is 0 Å². The van der Waals surface area contributed by atoms with Crippen molar-refractivity contribution in [2.75, 3.05) is 0 Å². The summed E-state index contributed by atoms with van der Waals surface area (Å²) in [7, 11) is 0. The summed E-state index contributed by atoms with van der Waals surface area (Å²) in [6, 6.07) is 0. The first-order chi connectivity index (χ1) is 7.81. The van der Waals surface area contributed by atoms with E-state index in [1.54, 1.807) is 0 Å². The molecule has 1 aliphatic rings. The van der Waals surface area contributed by atoms with Crippen LogP contribution in [-0.4, -0.2) is 0 Å². The molecule has 0 nitrogen and oxygen atoms in total. The van der Waals surface area contributed by atoms with Gasteiger partial charge in [0, 0.05) is 0 Å². The van der Waals surface area contributed by atoms with Gasteiger partial charge < -0.3 is 0 Å². The molecule has 0 aromatic carbocycles. The van der Waals surface area contributed by atoms with Gasteiger partial charge in [-0.1, -0.05) is 78.6 Å². The minimum absolute atomic E-state index is 1.03. The molecule has 1 saturated carbocycles. The third kappa shape index (κ3) is 4.47. The van der Waals surface area contributed by atoms with Crippen molar-refractivity contribution in [3.63, 3.8) is 0 Å². The van der Waals surface area contributed by atoms with Crippen molar-refractivity contribution in [2.45, 2.75) is 85.0 Å². The van der Waals surface area contributed by atoms with E-state index in [0.717, 1.165) is 17.8 Å². The molecule has 0 aromatic rings. The van der Waals surface area contributed by atoms with E-state index < -0.39 is 0 Å². The molecule has 0 N–H and O–H groups in total. The molecule has 0 spiro atoms. The lowest BCUT2D eigenvalue weighted by atomic mass is 9.78. The Bertz CT molecular complexity index is 161. The zero-order valence-electron chi connectivity index (χ0n) is 11.8. The normalized spacial score (nSPS) is 32.8. The Morgan fingerprint density at radius 3 is 2.19 bits per heavy atom. The summed E-state index contributed by atoms with van der Waals surface area (Å²) in [6.07, 6.45) is 14.7. The standard InChI is InChI=1S/C16H32/c1-4-10-16-12-9-7-8-11-14(5-2)13-15(16)6-3/h14-16H,4-13H2,1-3H3. The zero-order chi connectivity index (χ0) is 11.8. The van der Waals surface area contributed by atoms with Gasteiger partial charge in [-0.2, -0.15) is 0 Å². The van der Waals surface area contributed by atoms with Crippen LogP contribution >= 0.6 is 0 Å². The molecule has 0 heterocycles. The van der Waals surface area contributed by atoms with Crippen molar-refractivity contribution in [3.05, 3.63) is 0 Å². The van der Waals surface area contributed by atoms with Crippen LogP contribution in [0.3, 0.4) is 0 Å². The predicted molar refractivity (Wildman–Crippen MR) is 73.7 cm³/mol. The van der Waals surface area contributed by atoms with Gasteiger partial charge in [0.1, 0.15) is 0 Å². The Morgan fingerprint density at radius 1 is 0.812 bits per heavy atom. The molecule has 0 heteroatoms. The largest absolute Gasteiger partial charge is 0.0654 e. The van der Waals surface area contributed by atoms with E-state index in [1.165, 1.54) is 64.2 Å². The maximum absolute atomic E-state index is 2.41. The van der Waals surface area contributed by atoms with E-state index in [-0.39, 0.29) is 0 Å². The second-order valence-electron chi connectivity index (χ2n) is 5.87. The van der Waals surface area contributed by atoms with Crippen molar-refractivity contribution in [1.29, 1.82) is 0 Å². The van der Waals surface area contributed by atoms with Gasteiger partial charge in [-0.25, -0.2) is 0 Å². The van der Waals surface area contributed by atoms with E-state index in [9.17, 15) is 0 Å². The molecular weight excluding hydrogens is 192 g/mol. The van der Waals surface area contributed by atoms with Gasteiger partial charge in [0.05, 0.1) is 0 Å². The summed E-state index contributed by atoms with van der Waals surface area (Å²) in [6.45, 7) is 7.17. The van der Waals surface area contributed by atoms with Gasteiger partial charge >= 0.3 is 0 Å². The fourth-order valence-electron chi connectivity index (χ4n) is 3.61. The molecule has 0 aliphatic heterocycles. The third-order valence-electron chi connectivity index (χ3n) is 4.75. The van der Waals surface area contributed by atoms with Crippen molar-refractivity contribution >= 4 is 0 Å². The molecule has 1 aliphatic carbocycles. The van der Waals surface area contributed by atoms with Gasteiger partial charge in [0.2, 0.25) is 0 Å². The molecule has 0 radical (unpaired) electrons. The van der Waals surface area contributed by atoms with Crippen LogP contribution in [0.1, 0.15) is 85.0 Å². The smallest absolute Gasteiger partial charge is 0.0386 e. The molecule has 0 bridgehead atoms. The number of rotatable bonds is 4. The monoisotopic (exact) mass is 224 g/mol. The minimum Gasteiger partial charge on any atom is -0.0654 e. The average Bonchev–Trinajstić information content (AvgIpc) is 2.40. The quantitative estimate of drug-likeness (QED) is 0.565. The Morgan fingerprint density at radius 2 is 1.56 bits per heavy atom. The zero-order valence-corrected chi connectivity index (χ0v) is 11.8. The van der Waals surface area contributed by atoms with Crippen LogP contribution in [0.5, 0.6) is 0 Å². The highest BCUT2D eigenvalue weighted by Gasteiger charge is 2.23. The first kappa shape index (κ1) is 14.1. The highest BCUT2D eigenvalue weighted by Crippen LogP contribution is 2.35. The maximum Gasteiger partial charge on any atom is -0.0386 e. The highest BCUT2D eigenvalue weighted by molar-refractivity contribution is 4.74. The number of hydrogen-bond acceptors (Lipinski definition) is 0. The van der Waals surface area contributed by atoms with Crippen LogP contribution in [0.25, 0.3) is 0 Å². The Labute approximate surface area is 103 Å². The summed E-state index contributed by atoms with van der Waals surface area (Å²) in [4.78, 5) is 0. The van der Waals surface area contributed by atoms with Crippen LogP contribution in [0.2, 0.25) is 0 Å². The van der Waals surface area contributed by atoms with E-state index in [1.807, 2.05) is 0 Å². The maximum atomic E-state index is 2.41. The first-order valence-corrected chi connectivity index (χ1v) is 7.81. The molecule has 0 amide bonds. The Kier molecular flexibility index (Phi) is 7.16. The second-order valence-corrected chi connectivity index (χ2v) is 5.87. The van der Waals surface area contributed by atoms with E-state index >= 15 is 0 Å². The lowest BCUT2D eigenvalue weighted by Gasteiger charge is -2.28. The predicted octanol–water partition coefficient (Wildman–Crippen LogP) is 5.81. The summed E-state index contributed by atoms with van der Waals surface area (Å²) < 4.78 is 0. The summed E-state index contributed by atoms with van der Waals surface area (Å²) in [5.74, 6) is 3.10. The van der Waals surface area contributed by atoms with Crippen molar-refractivity contribution in [2.24, 2.45) is 17.8 Å². The van der Waals surface area contributed by atoms with Gasteiger partial charge in [0.15, 0.2) is 0 Å². The topological polar surface area (TPSA) is 0 Å². The molecule has 3 atom stereocenters. The summed E-state index contributed by atoms with van der Waals surface area (Å²) >= 11 is 0. The molecular formula is C16H32. The fraction of sp³-hybridized carbons (Fsp3) is 1.00. The van der Waals surface area contributed by atoms with E-state index in [2.05, 4.69) is 20.8 Å². The summed E-state index contributed by atoms with van der Waals surface area (Å²) in [5.41, 5.74) is 0. The fourth-order valence-corrected chi connectivity index (χ4v) is 3.61. The van der Waals surface area contributed by atoms with Gasteiger partial charge in [0.25, 0.3) is 0 Å². The van der Waals surface area contributed by atoms with Crippen molar-refractivity contribution < 1.29 is 0 Å². The van der Waals surface area contributed by atoms with Crippen LogP contribution in [0.15, 0.2) is 0 Å². The van der Waals surface area contributed by atoms with Gasteiger partial charge in [-0.3, -0.25) is 0 Å². The van der Waals surface area contributed by atoms with E-state index in [0.29, 0.717) is 0 Å². The Hall–Kier alpha value is 0. The van der Waals surface area contributed by atoms with Crippen LogP contribution in [-0.2, 0) is 0 Å². The molecule has 16 heavy (non-hydrogen) atoms. The average molecular weight is 224 g/mol. The van der Waals surface area contributed by atoms with Crippen molar-refractivity contribution in [1.82, 2.24) is 0 Å². The SMILES string of the molecule is CCCC1CCCCCC(CC)CC1CC. The lowest BCUT2D eigenvalue weighted by molar-refractivity contribution is 0.231. The number of hydrogen-bond donors (Lipinski definition) is 0. The van der Waals surface area contributed by atoms with Crippen LogP contribution in [0.4, 0.5) is 0 Å². The van der Waals surface area contributed by atoms with Crippen LogP contribution in [0, 0.1) is 17.8 Å². The molecule has 1 rings (SSSR count). The molecule has 0 saturated heterocycles. The van der Waals surface area contributed by atoms with Crippen LogP contribution < -0.4 is 0 Å². The molecule has 96 valence electrons. The van der Waals surface area contributed by atoms with Gasteiger partial charge in [-0.05, 0) is 24.2 Å². The Balaban J connectivity index is 2.58. The minimum atomic E-state index is 1.03. The summed E-state index contributed by atoms with van der Waals surface area (Å²) in [5, 5.41) is 0. The second kappa shape index (κ2) is 8.14. The molecule has 0 aromatic heterocycles. The third-order valence-corrected chi connectivity index (χ3v) is 4.75. The van der Waals surface area contributed by atoms with Gasteiger partial charge in [-0.15, -0.1) is 0 Å². The van der Waals surface area contributed by atoms with E-state index in [4.69, 9.17) is 0 Å². The molecule has 3 unspecified atom stereocenters.